The van der Waals surface area contributed by atoms with E-state index in [9.17, 15) is 14.7 Å². The number of ether oxygens (including phenoxy) is 1. The molecule has 0 heterocycles. The van der Waals surface area contributed by atoms with Crippen LogP contribution in [0.15, 0.2) is 72.8 Å². The summed E-state index contributed by atoms with van der Waals surface area (Å²) in [6.07, 6.45) is 7.55. The second-order valence-corrected chi connectivity index (χ2v) is 12.1. The van der Waals surface area contributed by atoms with Crippen molar-refractivity contribution in [3.8, 4) is 11.1 Å². The van der Waals surface area contributed by atoms with Gasteiger partial charge < -0.3 is 14.7 Å². The number of hydrogen-bond acceptors (Lipinski definition) is 5. The van der Waals surface area contributed by atoms with Crippen LogP contribution in [0.2, 0.25) is 0 Å². The minimum Gasteiger partial charge on any atom is -0.469 e. The maximum absolute atomic E-state index is 14.1. The number of rotatable bonds is 8. The summed E-state index contributed by atoms with van der Waals surface area (Å²) in [7, 11) is 5.50. The van der Waals surface area contributed by atoms with Crippen LogP contribution in [0.25, 0.3) is 11.1 Å². The molecule has 2 aliphatic carbocycles. The number of aliphatic hydroxyl groups is 1. The zero-order chi connectivity index (χ0) is 29.6. The average molecular weight is 569 g/mol. The summed E-state index contributed by atoms with van der Waals surface area (Å²) in [5.74, 6) is -0.463. The van der Waals surface area contributed by atoms with E-state index < -0.39 is 6.23 Å². The van der Waals surface area contributed by atoms with Gasteiger partial charge in [0.1, 0.15) is 0 Å². The highest BCUT2D eigenvalue weighted by Crippen LogP contribution is 2.41. The van der Waals surface area contributed by atoms with Crippen LogP contribution >= 0.6 is 0 Å². The number of nitrogens with zero attached hydrogens (tertiary/aromatic N) is 2. The number of amides is 1. The molecular weight excluding hydrogens is 524 g/mol. The number of carbonyl (C=O) groups is 2. The standard InChI is InChI=1S/C36H44N2O4/c1-37(2)30-22-20-26(21-23-30)25-16-18-28(19-17-25)35(40)38(34(39)27-10-5-4-6-11-27)31-13-9-12-29(24-31)32-14-7-8-15-33(32)36(41)42-3/h9,12-13,16-24,27,32-33,35,40H,4-8,10-11,14-15H2,1-3H3. The Bertz CT molecular complexity index is 1350. The zero-order valence-electron chi connectivity index (χ0n) is 25.2. The summed E-state index contributed by atoms with van der Waals surface area (Å²) >= 11 is 0. The van der Waals surface area contributed by atoms with Crippen molar-refractivity contribution in [3.05, 3.63) is 83.9 Å². The van der Waals surface area contributed by atoms with Crippen molar-refractivity contribution in [2.24, 2.45) is 11.8 Å². The second-order valence-electron chi connectivity index (χ2n) is 12.1. The van der Waals surface area contributed by atoms with Crippen LogP contribution in [0.1, 0.15) is 81.1 Å². The van der Waals surface area contributed by atoms with Gasteiger partial charge in [-0.05, 0) is 72.6 Å². The van der Waals surface area contributed by atoms with Gasteiger partial charge in [0.15, 0.2) is 6.23 Å². The van der Waals surface area contributed by atoms with Gasteiger partial charge in [0.2, 0.25) is 5.91 Å². The van der Waals surface area contributed by atoms with Crippen molar-refractivity contribution in [1.82, 2.24) is 0 Å². The maximum Gasteiger partial charge on any atom is 0.309 e. The van der Waals surface area contributed by atoms with Crippen LogP contribution in [0, 0.1) is 11.8 Å². The summed E-state index contributed by atoms with van der Waals surface area (Å²) in [6, 6.07) is 24.1. The Morgan fingerprint density at radius 3 is 2.05 bits per heavy atom. The van der Waals surface area contributed by atoms with E-state index in [0.717, 1.165) is 80.2 Å². The van der Waals surface area contributed by atoms with Crippen LogP contribution in [0.4, 0.5) is 11.4 Å². The number of carbonyl (C=O) groups excluding carboxylic acids is 2. The molecule has 1 amide bonds. The summed E-state index contributed by atoms with van der Waals surface area (Å²) < 4.78 is 5.14. The fourth-order valence-electron chi connectivity index (χ4n) is 6.75. The fraction of sp³-hybridized carbons (Fsp3) is 0.444. The molecule has 0 spiro atoms. The van der Waals surface area contributed by atoms with E-state index in [1.807, 2.05) is 62.6 Å². The van der Waals surface area contributed by atoms with Crippen molar-refractivity contribution < 1.29 is 19.4 Å². The Kier molecular flexibility index (Phi) is 9.63. The number of anilines is 2. The molecule has 0 aliphatic heterocycles. The minimum atomic E-state index is -1.12. The molecule has 3 unspecified atom stereocenters. The van der Waals surface area contributed by atoms with Crippen LogP contribution in [-0.2, 0) is 14.3 Å². The predicted molar refractivity (Wildman–Crippen MR) is 168 cm³/mol. The third kappa shape index (κ3) is 6.54. The van der Waals surface area contributed by atoms with Gasteiger partial charge in [-0.15, -0.1) is 0 Å². The van der Waals surface area contributed by atoms with E-state index in [-0.39, 0.29) is 29.6 Å². The molecule has 222 valence electrons. The van der Waals surface area contributed by atoms with Crippen LogP contribution in [0.5, 0.6) is 0 Å². The van der Waals surface area contributed by atoms with Gasteiger partial charge >= 0.3 is 5.97 Å². The van der Waals surface area contributed by atoms with Crippen molar-refractivity contribution >= 4 is 23.3 Å². The molecule has 5 rings (SSSR count). The Morgan fingerprint density at radius 1 is 0.786 bits per heavy atom. The molecule has 0 bridgehead atoms. The molecule has 2 saturated carbocycles. The van der Waals surface area contributed by atoms with Crippen LogP contribution < -0.4 is 9.80 Å². The third-order valence-corrected chi connectivity index (χ3v) is 9.21. The molecule has 0 saturated heterocycles. The van der Waals surface area contributed by atoms with Gasteiger partial charge in [-0.3, -0.25) is 14.5 Å². The first-order valence-corrected chi connectivity index (χ1v) is 15.4. The number of aliphatic hydroxyl groups excluding tert-OH is 1. The lowest BCUT2D eigenvalue weighted by molar-refractivity contribution is -0.147. The largest absolute Gasteiger partial charge is 0.469 e. The summed E-state index contributed by atoms with van der Waals surface area (Å²) in [5, 5.41) is 11.8. The monoisotopic (exact) mass is 568 g/mol. The Balaban J connectivity index is 1.46. The molecule has 0 aromatic heterocycles. The first kappa shape index (κ1) is 29.8. The lowest BCUT2D eigenvalue weighted by Crippen LogP contribution is -2.40. The molecule has 2 aliphatic rings. The van der Waals surface area contributed by atoms with Crippen LogP contribution in [0.3, 0.4) is 0 Å². The first-order valence-electron chi connectivity index (χ1n) is 15.4. The van der Waals surface area contributed by atoms with Crippen molar-refractivity contribution in [2.75, 3.05) is 31.0 Å². The summed E-state index contributed by atoms with van der Waals surface area (Å²) in [4.78, 5) is 30.4. The molecule has 6 nitrogen and oxygen atoms in total. The van der Waals surface area contributed by atoms with Gasteiger partial charge in [-0.25, -0.2) is 0 Å². The molecule has 42 heavy (non-hydrogen) atoms. The van der Waals surface area contributed by atoms with Gasteiger partial charge in [0, 0.05) is 37.0 Å². The molecule has 3 aromatic carbocycles. The highest BCUT2D eigenvalue weighted by Gasteiger charge is 2.35. The molecule has 0 radical (unpaired) electrons. The highest BCUT2D eigenvalue weighted by molar-refractivity contribution is 5.95. The van der Waals surface area contributed by atoms with Crippen molar-refractivity contribution in [1.29, 1.82) is 0 Å². The van der Waals surface area contributed by atoms with Gasteiger partial charge in [-0.1, -0.05) is 80.6 Å². The summed E-state index contributed by atoms with van der Waals surface area (Å²) in [5.41, 5.74) is 5.65. The molecular formula is C36H44N2O4. The maximum atomic E-state index is 14.1. The number of hydrogen-bond donors (Lipinski definition) is 1. The highest BCUT2D eigenvalue weighted by atomic mass is 16.5. The summed E-state index contributed by atoms with van der Waals surface area (Å²) in [6.45, 7) is 0. The van der Waals surface area contributed by atoms with E-state index >= 15 is 0 Å². The minimum absolute atomic E-state index is 0.0316. The lowest BCUT2D eigenvalue weighted by atomic mass is 9.75. The molecule has 6 heteroatoms. The quantitative estimate of drug-likeness (QED) is 0.225. The Morgan fingerprint density at radius 2 is 1.40 bits per heavy atom. The van der Waals surface area contributed by atoms with E-state index in [1.165, 1.54) is 7.11 Å². The fourth-order valence-corrected chi connectivity index (χ4v) is 6.75. The first-order chi connectivity index (χ1) is 20.4. The smallest absolute Gasteiger partial charge is 0.309 e. The van der Waals surface area contributed by atoms with Gasteiger partial charge in [0.25, 0.3) is 0 Å². The Hall–Kier alpha value is -3.64. The molecule has 2 fully saturated rings. The molecule has 3 atom stereocenters. The molecule has 1 N–H and O–H groups in total. The zero-order valence-corrected chi connectivity index (χ0v) is 25.2. The van der Waals surface area contributed by atoms with Crippen molar-refractivity contribution in [2.45, 2.75) is 69.9 Å². The van der Waals surface area contributed by atoms with Gasteiger partial charge in [-0.2, -0.15) is 0 Å². The Labute approximate surface area is 250 Å². The van der Waals surface area contributed by atoms with E-state index in [4.69, 9.17) is 4.74 Å². The second kappa shape index (κ2) is 13.6. The van der Waals surface area contributed by atoms with Crippen LogP contribution in [-0.4, -0.2) is 38.2 Å². The topological polar surface area (TPSA) is 70.1 Å². The number of esters is 1. The van der Waals surface area contributed by atoms with Crippen molar-refractivity contribution in [3.63, 3.8) is 0 Å². The molecule has 3 aromatic rings. The SMILES string of the molecule is COC(=O)C1CCCCC1c1cccc(N(C(=O)C2CCCCC2)C(O)c2ccc(-c3ccc(N(C)C)cc3)cc2)c1. The van der Waals surface area contributed by atoms with Gasteiger partial charge in [0.05, 0.1) is 13.0 Å². The van der Waals surface area contributed by atoms with E-state index in [0.29, 0.717) is 11.3 Å². The average Bonchev–Trinajstić information content (AvgIpc) is 3.05. The predicted octanol–water partition coefficient (Wildman–Crippen LogP) is 7.47. The lowest BCUT2D eigenvalue weighted by Gasteiger charge is -2.34. The van der Waals surface area contributed by atoms with E-state index in [1.54, 1.807) is 4.90 Å². The third-order valence-electron chi connectivity index (χ3n) is 9.21. The van der Waals surface area contributed by atoms with E-state index in [2.05, 4.69) is 29.2 Å². The normalized spacial score (nSPS) is 20.0. The number of benzene rings is 3. The number of methoxy groups -OCH3 is 1.